The second kappa shape index (κ2) is 5.55. The zero-order valence-corrected chi connectivity index (χ0v) is 8.09. The molecule has 0 aromatic carbocycles. The Labute approximate surface area is 75.9 Å². The standard InChI is InChI=1S/C10H20NO/c1-3-4-7-11-8-5-10(12-2)6-9-11/h10H,1,3-9H2,2H3/q-1. The van der Waals surface area contributed by atoms with Crippen molar-refractivity contribution >= 4 is 0 Å². The molecule has 1 aliphatic heterocycles. The largest absolute Gasteiger partial charge is 0.381 e. The summed E-state index contributed by atoms with van der Waals surface area (Å²) < 4.78 is 5.30. The molecular formula is C10H20NO-. The van der Waals surface area contributed by atoms with Crippen LogP contribution < -0.4 is 0 Å². The number of methoxy groups -OCH3 is 1. The van der Waals surface area contributed by atoms with E-state index >= 15 is 0 Å². The number of piperidine rings is 1. The van der Waals surface area contributed by atoms with Crippen LogP contribution in [0.1, 0.15) is 25.7 Å². The first-order valence-corrected chi connectivity index (χ1v) is 4.91. The smallest absolute Gasteiger partial charge is 0.0595 e. The minimum absolute atomic E-state index is 0.515. The van der Waals surface area contributed by atoms with E-state index in [1.807, 2.05) is 7.11 Å². The summed E-state index contributed by atoms with van der Waals surface area (Å²) in [4.78, 5) is 2.51. The van der Waals surface area contributed by atoms with Crippen LogP contribution in [0.4, 0.5) is 0 Å². The Balaban J connectivity index is 2.09. The van der Waals surface area contributed by atoms with Gasteiger partial charge in [-0.25, -0.2) is 0 Å². The van der Waals surface area contributed by atoms with Crippen molar-refractivity contribution in [1.82, 2.24) is 4.90 Å². The van der Waals surface area contributed by atoms with Gasteiger partial charge in [-0.2, -0.15) is 6.42 Å². The summed E-state index contributed by atoms with van der Waals surface area (Å²) in [5, 5.41) is 0. The van der Waals surface area contributed by atoms with E-state index in [0.29, 0.717) is 6.10 Å². The summed E-state index contributed by atoms with van der Waals surface area (Å²) in [6.07, 6.45) is 5.21. The first-order valence-electron chi connectivity index (χ1n) is 4.91. The Kier molecular flexibility index (Phi) is 4.62. The van der Waals surface area contributed by atoms with Crippen molar-refractivity contribution < 1.29 is 4.74 Å². The Morgan fingerprint density at radius 3 is 2.58 bits per heavy atom. The SMILES string of the molecule is [CH2-]CCCN1CCC(OC)CC1. The van der Waals surface area contributed by atoms with Gasteiger partial charge in [0.15, 0.2) is 0 Å². The van der Waals surface area contributed by atoms with Gasteiger partial charge in [-0.15, -0.1) is 0 Å². The molecule has 1 heterocycles. The highest BCUT2D eigenvalue weighted by Crippen LogP contribution is 2.12. The molecule has 0 saturated carbocycles. The van der Waals surface area contributed by atoms with E-state index in [0.717, 1.165) is 6.42 Å². The molecule has 0 atom stereocenters. The molecule has 2 heteroatoms. The van der Waals surface area contributed by atoms with E-state index in [4.69, 9.17) is 4.74 Å². The normalized spacial score (nSPS) is 21.5. The zero-order chi connectivity index (χ0) is 8.81. The van der Waals surface area contributed by atoms with Crippen LogP contribution in [-0.2, 0) is 4.74 Å². The van der Waals surface area contributed by atoms with Gasteiger partial charge in [-0.1, -0.05) is 6.42 Å². The lowest BCUT2D eigenvalue weighted by molar-refractivity contribution is 0.0409. The predicted octanol–water partition coefficient (Wildman–Crippen LogP) is 1.71. The van der Waals surface area contributed by atoms with Crippen LogP contribution >= 0.6 is 0 Å². The van der Waals surface area contributed by atoms with Gasteiger partial charge in [0.2, 0.25) is 0 Å². The molecule has 0 radical (unpaired) electrons. The lowest BCUT2D eigenvalue weighted by Crippen LogP contribution is -2.37. The number of hydrogen-bond acceptors (Lipinski definition) is 2. The third-order valence-corrected chi connectivity index (χ3v) is 2.59. The van der Waals surface area contributed by atoms with Gasteiger partial charge in [-0.05, 0) is 19.4 Å². The lowest BCUT2D eigenvalue weighted by Gasteiger charge is -2.31. The molecule has 12 heavy (non-hydrogen) atoms. The van der Waals surface area contributed by atoms with Crippen molar-refractivity contribution in [3.05, 3.63) is 6.92 Å². The molecule has 72 valence electrons. The molecule has 0 unspecified atom stereocenters. The highest BCUT2D eigenvalue weighted by molar-refractivity contribution is 4.71. The van der Waals surface area contributed by atoms with Crippen molar-refractivity contribution in [3.63, 3.8) is 0 Å². The molecular weight excluding hydrogens is 150 g/mol. The van der Waals surface area contributed by atoms with E-state index in [-0.39, 0.29) is 0 Å². The van der Waals surface area contributed by atoms with Crippen molar-refractivity contribution in [2.75, 3.05) is 26.7 Å². The first kappa shape index (κ1) is 10.0. The van der Waals surface area contributed by atoms with Gasteiger partial charge in [0.25, 0.3) is 0 Å². The van der Waals surface area contributed by atoms with Crippen LogP contribution in [0.25, 0.3) is 0 Å². The summed E-state index contributed by atoms with van der Waals surface area (Å²) in [7, 11) is 1.82. The highest BCUT2D eigenvalue weighted by atomic mass is 16.5. The lowest BCUT2D eigenvalue weighted by atomic mass is 10.1. The average molecular weight is 170 g/mol. The quantitative estimate of drug-likeness (QED) is 0.596. The third kappa shape index (κ3) is 3.11. The Morgan fingerprint density at radius 1 is 1.42 bits per heavy atom. The van der Waals surface area contributed by atoms with Gasteiger partial charge in [0.05, 0.1) is 6.10 Å². The molecule has 0 N–H and O–H groups in total. The van der Waals surface area contributed by atoms with Gasteiger partial charge >= 0.3 is 0 Å². The minimum Gasteiger partial charge on any atom is -0.381 e. The van der Waals surface area contributed by atoms with Gasteiger partial charge in [0.1, 0.15) is 0 Å². The fourth-order valence-electron chi connectivity index (χ4n) is 1.70. The summed E-state index contributed by atoms with van der Waals surface area (Å²) in [6, 6.07) is 0. The maximum absolute atomic E-state index is 5.30. The van der Waals surface area contributed by atoms with Gasteiger partial charge in [0, 0.05) is 20.2 Å². The van der Waals surface area contributed by atoms with Crippen LogP contribution in [0.15, 0.2) is 0 Å². The summed E-state index contributed by atoms with van der Waals surface area (Å²) >= 11 is 0. The fraction of sp³-hybridized carbons (Fsp3) is 0.900. The van der Waals surface area contributed by atoms with Crippen molar-refractivity contribution in [1.29, 1.82) is 0 Å². The number of nitrogens with zero attached hydrogens (tertiary/aromatic N) is 1. The second-order valence-corrected chi connectivity index (χ2v) is 3.48. The molecule has 0 aromatic heterocycles. The molecule has 1 aliphatic rings. The molecule has 0 spiro atoms. The van der Waals surface area contributed by atoms with Crippen molar-refractivity contribution in [2.24, 2.45) is 0 Å². The zero-order valence-electron chi connectivity index (χ0n) is 8.09. The van der Waals surface area contributed by atoms with E-state index in [1.54, 1.807) is 0 Å². The fourth-order valence-corrected chi connectivity index (χ4v) is 1.70. The second-order valence-electron chi connectivity index (χ2n) is 3.48. The highest BCUT2D eigenvalue weighted by Gasteiger charge is 2.17. The summed E-state index contributed by atoms with van der Waals surface area (Å²) in [5.74, 6) is 0. The molecule has 0 bridgehead atoms. The molecule has 1 saturated heterocycles. The third-order valence-electron chi connectivity index (χ3n) is 2.59. The molecule has 0 aliphatic carbocycles. The van der Waals surface area contributed by atoms with Crippen LogP contribution in [0, 0.1) is 6.92 Å². The minimum atomic E-state index is 0.515. The number of hydrogen-bond donors (Lipinski definition) is 0. The van der Waals surface area contributed by atoms with Gasteiger partial charge in [-0.3, -0.25) is 0 Å². The van der Waals surface area contributed by atoms with Crippen LogP contribution in [0.3, 0.4) is 0 Å². The Hall–Kier alpha value is -0.0800. The van der Waals surface area contributed by atoms with E-state index in [2.05, 4.69) is 11.8 Å². The maximum Gasteiger partial charge on any atom is 0.0595 e. The van der Waals surface area contributed by atoms with Crippen molar-refractivity contribution in [3.8, 4) is 0 Å². The molecule has 0 amide bonds. The van der Waals surface area contributed by atoms with E-state index in [9.17, 15) is 0 Å². The Morgan fingerprint density at radius 2 is 2.08 bits per heavy atom. The maximum atomic E-state index is 5.30. The monoisotopic (exact) mass is 170 g/mol. The summed E-state index contributed by atoms with van der Waals surface area (Å²) in [6.45, 7) is 7.49. The number of ether oxygens (including phenoxy) is 1. The van der Waals surface area contributed by atoms with E-state index < -0.39 is 0 Å². The summed E-state index contributed by atoms with van der Waals surface area (Å²) in [5.41, 5.74) is 0. The Bertz CT molecular complexity index is 108. The van der Waals surface area contributed by atoms with Gasteiger partial charge < -0.3 is 16.6 Å². The predicted molar refractivity (Wildman–Crippen MR) is 51.1 cm³/mol. The first-order chi connectivity index (χ1) is 5.86. The van der Waals surface area contributed by atoms with Crippen LogP contribution in [0.5, 0.6) is 0 Å². The number of unbranched alkanes of at least 4 members (excludes halogenated alkanes) is 1. The number of rotatable bonds is 4. The number of likely N-dealkylation sites (tertiary alicyclic amines) is 1. The molecule has 1 rings (SSSR count). The molecule has 2 nitrogen and oxygen atoms in total. The van der Waals surface area contributed by atoms with Crippen molar-refractivity contribution in [2.45, 2.75) is 31.8 Å². The van der Waals surface area contributed by atoms with E-state index in [1.165, 1.54) is 38.9 Å². The van der Waals surface area contributed by atoms with Crippen LogP contribution in [-0.4, -0.2) is 37.7 Å². The average Bonchev–Trinajstić information content (AvgIpc) is 2.15. The van der Waals surface area contributed by atoms with Crippen LogP contribution in [0.2, 0.25) is 0 Å². The molecule has 1 fully saturated rings. The molecule has 0 aromatic rings. The topological polar surface area (TPSA) is 12.5 Å².